The third kappa shape index (κ3) is 27.6. The third-order valence-corrected chi connectivity index (χ3v) is 3.36. The number of unbranched alkanes of at least 4 members (excludes halogenated alkanes) is 9. The molecule has 0 aliphatic carbocycles. The van der Waals surface area contributed by atoms with Crippen molar-refractivity contribution in [3.05, 3.63) is 0 Å². The fourth-order valence-electron chi connectivity index (χ4n) is 1.75. The minimum absolute atomic E-state index is 0.0301. The second-order valence-electron chi connectivity index (χ2n) is 5.01. The maximum Gasteiger partial charge on any atom is 0.317 e. The van der Waals surface area contributed by atoms with Gasteiger partial charge in [-0.3, -0.25) is 8.98 Å². The first-order valence-corrected chi connectivity index (χ1v) is 9.19. The first kappa shape index (κ1) is 23.6. The van der Waals surface area contributed by atoms with Crippen LogP contribution in [-0.4, -0.2) is 37.2 Å². The minimum atomic E-state index is -4.48. The Hall–Kier alpha value is -0.700. The van der Waals surface area contributed by atoms with Crippen LogP contribution in [-0.2, 0) is 19.4 Å². The van der Waals surface area contributed by atoms with E-state index in [0.717, 1.165) is 12.8 Å². The van der Waals surface area contributed by atoms with E-state index in [1.54, 1.807) is 0 Å². The molecular weight excluding hydrogens is 310 g/mol. The molecule has 22 heavy (non-hydrogen) atoms. The second kappa shape index (κ2) is 16.7. The van der Waals surface area contributed by atoms with E-state index in [2.05, 4.69) is 16.8 Å². The number of aliphatic carboxylic acids is 1. The van der Waals surface area contributed by atoms with E-state index in [9.17, 15) is 17.8 Å². The number of carboxylic acid groups (broad SMARTS) is 1. The normalized spacial score (nSPS) is 10.9. The van der Waals surface area contributed by atoms with Gasteiger partial charge >= 0.3 is 5.97 Å². The van der Waals surface area contributed by atoms with E-state index in [4.69, 9.17) is 5.11 Å². The van der Waals surface area contributed by atoms with E-state index in [1.807, 2.05) is 0 Å². The first-order valence-electron chi connectivity index (χ1n) is 7.85. The Labute approximate surface area is 134 Å². The summed E-state index contributed by atoms with van der Waals surface area (Å²) in [5.41, 5.74) is 4.57. The van der Waals surface area contributed by atoms with Gasteiger partial charge in [-0.25, -0.2) is 8.42 Å². The van der Waals surface area contributed by atoms with Crippen molar-refractivity contribution in [1.82, 2.24) is 0 Å². The maximum absolute atomic E-state index is 10.1. The summed E-state index contributed by atoms with van der Waals surface area (Å²) in [6.45, 7) is 1.96. The summed E-state index contributed by atoms with van der Waals surface area (Å²) in [4.78, 5) is 9.24. The van der Waals surface area contributed by atoms with Gasteiger partial charge in [0.2, 0.25) is 10.4 Å². The highest BCUT2D eigenvalue weighted by atomic mass is 32.3. The van der Waals surface area contributed by atoms with Crippen LogP contribution >= 0.6 is 0 Å². The monoisotopic (exact) mass is 340 g/mol. The molecule has 0 aromatic carbocycles. The molecule has 0 aliphatic heterocycles. The van der Waals surface area contributed by atoms with Crippen LogP contribution in [0.4, 0.5) is 0 Å². The number of carbonyl (C=O) groups is 1. The van der Waals surface area contributed by atoms with Crippen LogP contribution in [0.15, 0.2) is 0 Å². The Morgan fingerprint density at radius 3 is 1.68 bits per heavy atom. The molecule has 0 rings (SSSR count). The zero-order chi connectivity index (χ0) is 17.3. The van der Waals surface area contributed by atoms with Gasteiger partial charge in [0.15, 0.2) is 0 Å². The summed E-state index contributed by atoms with van der Waals surface area (Å²) >= 11 is 0. The molecule has 3 N–H and O–H groups in total. The molecule has 0 bridgehead atoms. The van der Waals surface area contributed by atoms with Crippen molar-refractivity contribution in [1.29, 1.82) is 0 Å². The summed E-state index contributed by atoms with van der Waals surface area (Å²) in [7, 11) is -4.48. The van der Waals surface area contributed by atoms with E-state index in [-0.39, 0.29) is 13.2 Å². The zero-order valence-electron chi connectivity index (χ0n) is 13.5. The van der Waals surface area contributed by atoms with Crippen LogP contribution in [0.1, 0.15) is 71.1 Å². The van der Waals surface area contributed by atoms with Gasteiger partial charge in [-0.05, 0) is 6.42 Å². The number of carboxylic acids is 1. The number of nitrogens with two attached hydrogens (primary N) is 1. The molecule has 0 fully saturated rings. The first-order chi connectivity index (χ1) is 10.3. The van der Waals surface area contributed by atoms with E-state index < -0.39 is 16.4 Å². The molecule has 0 aromatic rings. The van der Waals surface area contributed by atoms with Gasteiger partial charge < -0.3 is 15.4 Å². The van der Waals surface area contributed by atoms with Gasteiger partial charge in [-0.2, -0.15) is 0 Å². The highest BCUT2D eigenvalue weighted by Gasteiger charge is 1.95. The lowest BCUT2D eigenvalue weighted by molar-refractivity contribution is -0.135. The molecule has 0 atom stereocenters. The Balaban J connectivity index is 0. The van der Waals surface area contributed by atoms with E-state index in [0.29, 0.717) is 6.42 Å². The fraction of sp³-hybridized carbons (Fsp3) is 0.929. The van der Waals surface area contributed by atoms with Gasteiger partial charge in [0.25, 0.3) is 0 Å². The summed E-state index contributed by atoms with van der Waals surface area (Å²) < 4.78 is 34.5. The molecule has 134 valence electrons. The quantitative estimate of drug-likeness (QED) is 0.299. The molecule has 0 radical (unpaired) electrons. The van der Waals surface area contributed by atoms with Crippen molar-refractivity contribution in [3.8, 4) is 0 Å². The van der Waals surface area contributed by atoms with Crippen LogP contribution in [0.5, 0.6) is 0 Å². The molecule has 0 amide bonds. The number of rotatable bonds is 13. The molecule has 0 heterocycles. The van der Waals surface area contributed by atoms with E-state index >= 15 is 0 Å². The zero-order valence-corrected chi connectivity index (χ0v) is 14.3. The summed E-state index contributed by atoms with van der Waals surface area (Å²) in [6, 6.07) is 0. The Morgan fingerprint density at radius 2 is 1.36 bits per heavy atom. The highest BCUT2D eigenvalue weighted by Crippen LogP contribution is 2.10. The molecule has 0 unspecified atom stereocenters. The molecule has 0 aliphatic rings. The average Bonchev–Trinajstić information content (AvgIpc) is 2.44. The number of hydrogen-bond donors (Lipinski definition) is 2. The van der Waals surface area contributed by atoms with Crippen molar-refractivity contribution in [2.45, 2.75) is 71.1 Å². The van der Waals surface area contributed by atoms with Gasteiger partial charge in [-0.1, -0.05) is 64.7 Å². The van der Waals surface area contributed by atoms with Crippen LogP contribution in [0.2, 0.25) is 0 Å². The van der Waals surface area contributed by atoms with Crippen LogP contribution in [0.3, 0.4) is 0 Å². The molecule has 0 saturated carbocycles. The largest absolute Gasteiger partial charge is 0.726 e. The summed E-state index contributed by atoms with van der Waals surface area (Å²) in [5.74, 6) is -0.968. The van der Waals surface area contributed by atoms with Gasteiger partial charge in [0, 0.05) is 0 Å². The summed E-state index contributed by atoms with van der Waals surface area (Å²) in [6.07, 6.45) is 11.7. The van der Waals surface area contributed by atoms with Crippen LogP contribution in [0.25, 0.3) is 0 Å². The average molecular weight is 340 g/mol. The van der Waals surface area contributed by atoms with Crippen molar-refractivity contribution >= 4 is 16.4 Å². The van der Waals surface area contributed by atoms with Crippen molar-refractivity contribution in [3.63, 3.8) is 0 Å². The standard InChI is InChI=1S/C12H26O4S.C2H5NO2/c1-2-3-4-5-6-7-8-9-10-11-12-16-17(13,14)15;3-1-2(4)5/h2-12H2,1H3,(H,13,14,15);1,3H2,(H,4,5)/p-1. The topological polar surface area (TPSA) is 130 Å². The summed E-state index contributed by atoms with van der Waals surface area (Å²) in [5, 5.41) is 7.60. The Kier molecular flexibility index (Phi) is 17.9. The molecule has 0 spiro atoms. The lowest BCUT2D eigenvalue weighted by Crippen LogP contribution is -2.10. The minimum Gasteiger partial charge on any atom is -0.726 e. The van der Waals surface area contributed by atoms with Crippen LogP contribution in [0, 0.1) is 0 Å². The maximum atomic E-state index is 10.1. The van der Waals surface area contributed by atoms with E-state index in [1.165, 1.54) is 44.9 Å². The predicted octanol–water partition coefficient (Wildman–Crippen LogP) is 2.41. The van der Waals surface area contributed by atoms with Crippen molar-refractivity contribution in [2.24, 2.45) is 5.73 Å². The SMILES string of the molecule is CCCCCCCCCCCCOS(=O)(=O)[O-].NCC(=O)O. The fourth-order valence-corrected chi connectivity index (χ4v) is 2.07. The molecule has 0 aromatic heterocycles. The smallest absolute Gasteiger partial charge is 0.317 e. The lowest BCUT2D eigenvalue weighted by Gasteiger charge is -2.06. The van der Waals surface area contributed by atoms with Gasteiger partial charge in [-0.15, -0.1) is 0 Å². The van der Waals surface area contributed by atoms with Gasteiger partial charge in [0.1, 0.15) is 0 Å². The lowest BCUT2D eigenvalue weighted by atomic mass is 10.1. The van der Waals surface area contributed by atoms with Crippen molar-refractivity contribution in [2.75, 3.05) is 13.2 Å². The Bertz CT molecular complexity index is 345. The highest BCUT2D eigenvalue weighted by molar-refractivity contribution is 7.80. The molecule has 0 saturated heterocycles. The van der Waals surface area contributed by atoms with Gasteiger partial charge in [0.05, 0.1) is 13.2 Å². The predicted molar refractivity (Wildman–Crippen MR) is 84.2 cm³/mol. The second-order valence-corrected chi connectivity index (χ2v) is 6.06. The molecule has 7 nitrogen and oxygen atoms in total. The Morgan fingerprint density at radius 1 is 1.00 bits per heavy atom. The third-order valence-electron chi connectivity index (χ3n) is 2.90. The number of hydrogen-bond acceptors (Lipinski definition) is 6. The molecule has 8 heteroatoms. The molecular formula is C14H30NO6S-. The van der Waals surface area contributed by atoms with Crippen LogP contribution < -0.4 is 5.73 Å². The van der Waals surface area contributed by atoms with Crippen molar-refractivity contribution < 1.29 is 27.1 Å².